The van der Waals surface area contributed by atoms with Gasteiger partial charge in [0.2, 0.25) is 0 Å². The number of amides is 1. The Bertz CT molecular complexity index is 459. The minimum atomic E-state index is -0.433. The highest BCUT2D eigenvalue weighted by atomic mass is 16.5. The van der Waals surface area contributed by atoms with E-state index in [-0.39, 0.29) is 0 Å². The third-order valence-electron chi connectivity index (χ3n) is 3.93. The summed E-state index contributed by atoms with van der Waals surface area (Å²) in [7, 11) is 1.59. The number of nitrogens with two attached hydrogens (primary N) is 1. The van der Waals surface area contributed by atoms with Gasteiger partial charge in [0.25, 0.3) is 5.91 Å². The van der Waals surface area contributed by atoms with Crippen molar-refractivity contribution in [1.82, 2.24) is 4.90 Å². The fraction of sp³-hybridized carbons (Fsp3) is 0.533. The van der Waals surface area contributed by atoms with Crippen LogP contribution in [0.4, 0.5) is 0 Å². The Morgan fingerprint density at radius 2 is 2.32 bits per heavy atom. The van der Waals surface area contributed by atoms with Crippen molar-refractivity contribution in [2.75, 3.05) is 20.2 Å². The van der Waals surface area contributed by atoms with E-state index in [0.29, 0.717) is 17.4 Å². The number of hydrogen-bond donors (Lipinski definition) is 1. The number of carbonyl (C=O) groups excluding carboxylic acids is 1. The Morgan fingerprint density at radius 3 is 2.95 bits per heavy atom. The Hall–Kier alpha value is -1.55. The van der Waals surface area contributed by atoms with Crippen molar-refractivity contribution in [2.45, 2.75) is 32.2 Å². The van der Waals surface area contributed by atoms with E-state index < -0.39 is 5.91 Å². The first-order valence-corrected chi connectivity index (χ1v) is 6.87. The van der Waals surface area contributed by atoms with E-state index in [4.69, 9.17) is 10.5 Å². The van der Waals surface area contributed by atoms with Gasteiger partial charge in [0.05, 0.1) is 12.7 Å². The molecule has 0 aromatic heterocycles. The summed E-state index contributed by atoms with van der Waals surface area (Å²) in [6, 6.07) is 6.17. The fourth-order valence-corrected chi connectivity index (χ4v) is 2.98. The van der Waals surface area contributed by atoms with Gasteiger partial charge in [-0.15, -0.1) is 0 Å². The van der Waals surface area contributed by atoms with Gasteiger partial charge in [0.1, 0.15) is 5.75 Å². The van der Waals surface area contributed by atoms with Gasteiger partial charge < -0.3 is 15.4 Å². The summed E-state index contributed by atoms with van der Waals surface area (Å²) < 4.78 is 5.40. The van der Waals surface area contributed by atoms with Crippen LogP contribution in [-0.4, -0.2) is 37.0 Å². The molecule has 1 saturated heterocycles. The molecule has 2 N–H and O–H groups in total. The molecule has 1 aromatic carbocycles. The molecule has 0 radical (unpaired) electrons. The number of nitrogens with zero attached hydrogens (tertiary/aromatic N) is 1. The molecule has 2 rings (SSSR count). The smallest absolute Gasteiger partial charge is 0.252 e. The summed E-state index contributed by atoms with van der Waals surface area (Å²) in [6.45, 7) is 4.43. The van der Waals surface area contributed by atoms with Crippen LogP contribution < -0.4 is 10.5 Å². The lowest BCUT2D eigenvalue weighted by Crippen LogP contribution is -2.31. The Balaban J connectivity index is 2.24. The molecule has 104 valence electrons. The van der Waals surface area contributed by atoms with Crippen molar-refractivity contribution in [2.24, 2.45) is 5.73 Å². The van der Waals surface area contributed by atoms with E-state index in [9.17, 15) is 4.79 Å². The average molecular weight is 262 g/mol. The monoisotopic (exact) mass is 262 g/mol. The Morgan fingerprint density at radius 1 is 1.53 bits per heavy atom. The number of carbonyl (C=O) groups is 1. The van der Waals surface area contributed by atoms with Crippen LogP contribution in [0.25, 0.3) is 0 Å². The minimum absolute atomic E-state index is 0.433. The SMILES string of the molecule is CCN1CCCC1Cc1cccc(C(N)=O)c1OC. The molecule has 19 heavy (non-hydrogen) atoms. The number of rotatable bonds is 5. The predicted octanol–water partition coefficient (Wildman–Crippen LogP) is 1.82. The van der Waals surface area contributed by atoms with Crippen LogP contribution >= 0.6 is 0 Å². The van der Waals surface area contributed by atoms with Gasteiger partial charge in [-0.25, -0.2) is 0 Å². The average Bonchev–Trinajstić information content (AvgIpc) is 2.85. The number of likely N-dealkylation sites (tertiary alicyclic amines) is 1. The molecule has 4 heteroatoms. The number of primary amides is 1. The molecule has 1 unspecified atom stereocenters. The zero-order chi connectivity index (χ0) is 13.8. The second-order valence-corrected chi connectivity index (χ2v) is 4.99. The molecule has 4 nitrogen and oxygen atoms in total. The minimum Gasteiger partial charge on any atom is -0.496 e. The summed E-state index contributed by atoms with van der Waals surface area (Å²) in [4.78, 5) is 13.9. The van der Waals surface area contributed by atoms with E-state index in [2.05, 4.69) is 11.8 Å². The van der Waals surface area contributed by atoms with Crippen LogP contribution in [-0.2, 0) is 6.42 Å². The number of likely N-dealkylation sites (N-methyl/N-ethyl adjacent to an activating group) is 1. The molecular formula is C15H22N2O2. The lowest BCUT2D eigenvalue weighted by Gasteiger charge is -2.23. The van der Waals surface area contributed by atoms with Gasteiger partial charge in [-0.2, -0.15) is 0 Å². The van der Waals surface area contributed by atoms with E-state index in [1.54, 1.807) is 13.2 Å². The van der Waals surface area contributed by atoms with Crippen LogP contribution in [0.1, 0.15) is 35.7 Å². The van der Waals surface area contributed by atoms with E-state index >= 15 is 0 Å². The molecule has 1 amide bonds. The summed E-state index contributed by atoms with van der Waals surface area (Å²) in [6.07, 6.45) is 3.37. The third kappa shape index (κ3) is 2.89. The van der Waals surface area contributed by atoms with Gasteiger partial charge in [0, 0.05) is 6.04 Å². The molecule has 0 spiro atoms. The Labute approximate surface area is 114 Å². The summed E-state index contributed by atoms with van der Waals surface area (Å²) in [5, 5.41) is 0. The van der Waals surface area contributed by atoms with Crippen LogP contribution in [0, 0.1) is 0 Å². The van der Waals surface area contributed by atoms with Gasteiger partial charge in [0.15, 0.2) is 0 Å². The van der Waals surface area contributed by atoms with E-state index in [1.807, 2.05) is 12.1 Å². The molecule has 0 aliphatic carbocycles. The zero-order valence-electron chi connectivity index (χ0n) is 11.7. The quantitative estimate of drug-likeness (QED) is 0.880. The van der Waals surface area contributed by atoms with Gasteiger partial charge in [-0.1, -0.05) is 19.1 Å². The number of hydrogen-bond acceptors (Lipinski definition) is 3. The van der Waals surface area contributed by atoms with Crippen LogP contribution in [0.5, 0.6) is 5.75 Å². The van der Waals surface area contributed by atoms with Crippen molar-refractivity contribution in [1.29, 1.82) is 0 Å². The fourth-order valence-electron chi connectivity index (χ4n) is 2.98. The maximum atomic E-state index is 11.4. The second-order valence-electron chi connectivity index (χ2n) is 4.99. The van der Waals surface area contributed by atoms with Crippen molar-refractivity contribution < 1.29 is 9.53 Å². The van der Waals surface area contributed by atoms with Gasteiger partial charge in [-0.05, 0) is 44.0 Å². The third-order valence-corrected chi connectivity index (χ3v) is 3.93. The number of methoxy groups -OCH3 is 1. The second kappa shape index (κ2) is 6.06. The molecule has 0 saturated carbocycles. The lowest BCUT2D eigenvalue weighted by atomic mass is 10.00. The largest absolute Gasteiger partial charge is 0.496 e. The lowest BCUT2D eigenvalue weighted by molar-refractivity contribution is 0.0997. The summed E-state index contributed by atoms with van der Waals surface area (Å²) in [5.74, 6) is 0.204. The van der Waals surface area contributed by atoms with Crippen molar-refractivity contribution in [3.63, 3.8) is 0 Å². The molecule has 1 aliphatic heterocycles. The van der Waals surface area contributed by atoms with Crippen molar-refractivity contribution in [3.05, 3.63) is 29.3 Å². The molecule has 1 fully saturated rings. The Kier molecular flexibility index (Phi) is 4.43. The standard InChI is InChI=1S/C15H22N2O2/c1-3-17-9-5-7-12(17)10-11-6-4-8-13(15(16)18)14(11)19-2/h4,6,8,12H,3,5,7,9-10H2,1-2H3,(H2,16,18). The topological polar surface area (TPSA) is 55.6 Å². The molecule has 1 heterocycles. The van der Waals surface area contributed by atoms with Crippen molar-refractivity contribution >= 4 is 5.91 Å². The number of ether oxygens (including phenoxy) is 1. The molecule has 1 atom stereocenters. The van der Waals surface area contributed by atoms with E-state index in [0.717, 1.165) is 18.5 Å². The normalized spacial score (nSPS) is 19.6. The number of benzene rings is 1. The van der Waals surface area contributed by atoms with Gasteiger partial charge in [-0.3, -0.25) is 4.79 Å². The van der Waals surface area contributed by atoms with Crippen LogP contribution in [0.2, 0.25) is 0 Å². The van der Waals surface area contributed by atoms with Crippen LogP contribution in [0.15, 0.2) is 18.2 Å². The zero-order valence-corrected chi connectivity index (χ0v) is 11.7. The maximum Gasteiger partial charge on any atom is 0.252 e. The molecular weight excluding hydrogens is 240 g/mol. The predicted molar refractivity (Wildman–Crippen MR) is 75.5 cm³/mol. The van der Waals surface area contributed by atoms with Crippen molar-refractivity contribution in [3.8, 4) is 5.75 Å². The highest BCUT2D eigenvalue weighted by molar-refractivity contribution is 5.96. The number of para-hydroxylation sites is 1. The van der Waals surface area contributed by atoms with Gasteiger partial charge >= 0.3 is 0 Å². The highest BCUT2D eigenvalue weighted by Gasteiger charge is 2.25. The summed E-state index contributed by atoms with van der Waals surface area (Å²) in [5.41, 5.74) is 6.94. The first kappa shape index (κ1) is 13.9. The first-order valence-electron chi connectivity index (χ1n) is 6.87. The highest BCUT2D eigenvalue weighted by Crippen LogP contribution is 2.28. The molecule has 0 bridgehead atoms. The molecule has 1 aliphatic rings. The maximum absolute atomic E-state index is 11.4. The van der Waals surface area contributed by atoms with Crippen LogP contribution in [0.3, 0.4) is 0 Å². The van der Waals surface area contributed by atoms with E-state index in [1.165, 1.54) is 19.4 Å². The molecule has 1 aromatic rings. The first-order chi connectivity index (χ1) is 9.17. The summed E-state index contributed by atoms with van der Waals surface area (Å²) >= 11 is 0.